The van der Waals surface area contributed by atoms with Gasteiger partial charge in [0.15, 0.2) is 0 Å². The zero-order chi connectivity index (χ0) is 20.0. The number of amides is 1. The molecular formula is C22H24ClN3O3. The van der Waals surface area contributed by atoms with Crippen molar-refractivity contribution in [1.29, 1.82) is 0 Å². The maximum Gasteiger partial charge on any atom is 0.242 e. The van der Waals surface area contributed by atoms with Crippen LogP contribution >= 0.6 is 11.6 Å². The molecule has 0 spiro atoms. The Morgan fingerprint density at radius 2 is 1.86 bits per heavy atom. The fourth-order valence-electron chi connectivity index (χ4n) is 4.99. The second kappa shape index (κ2) is 7.61. The number of benzene rings is 2. The second-order valence-corrected chi connectivity index (χ2v) is 8.44. The number of aromatic hydroxyl groups is 1. The lowest BCUT2D eigenvalue weighted by Crippen LogP contribution is -2.43. The zero-order valence-corrected chi connectivity index (χ0v) is 16.7. The number of phenols is 1. The minimum Gasteiger partial charge on any atom is -0.508 e. The van der Waals surface area contributed by atoms with Crippen LogP contribution in [0.1, 0.15) is 36.1 Å². The molecule has 7 heteroatoms. The van der Waals surface area contributed by atoms with Gasteiger partial charge in [0.05, 0.1) is 18.2 Å². The van der Waals surface area contributed by atoms with Crippen molar-refractivity contribution in [2.75, 3.05) is 13.2 Å². The Bertz CT molecular complexity index is 900. The van der Waals surface area contributed by atoms with E-state index < -0.39 is 0 Å². The molecule has 0 bridgehead atoms. The van der Waals surface area contributed by atoms with E-state index >= 15 is 0 Å². The van der Waals surface area contributed by atoms with Crippen molar-refractivity contribution in [2.45, 2.75) is 37.1 Å². The minimum absolute atomic E-state index is 0.0656. The molecule has 2 aromatic carbocycles. The highest BCUT2D eigenvalue weighted by Crippen LogP contribution is 2.48. The molecule has 3 fully saturated rings. The molecule has 1 amide bonds. The first-order valence-electron chi connectivity index (χ1n) is 10.1. The van der Waals surface area contributed by atoms with E-state index in [0.717, 1.165) is 30.6 Å². The molecule has 3 aliphatic rings. The topological polar surface area (TPSA) is 73.8 Å². The van der Waals surface area contributed by atoms with Crippen molar-refractivity contribution in [3.05, 3.63) is 64.7 Å². The summed E-state index contributed by atoms with van der Waals surface area (Å²) in [6.45, 7) is 1.33. The van der Waals surface area contributed by atoms with Crippen LogP contribution in [0.2, 0.25) is 5.02 Å². The summed E-state index contributed by atoms with van der Waals surface area (Å²) in [6.07, 6.45) is 2.08. The Balaban J connectivity index is 1.54. The normalized spacial score (nSPS) is 31.4. The third kappa shape index (κ3) is 3.30. The van der Waals surface area contributed by atoms with Gasteiger partial charge in [-0.15, -0.1) is 0 Å². The van der Waals surface area contributed by atoms with Gasteiger partial charge in [-0.3, -0.25) is 4.79 Å². The number of halogens is 1. The maximum absolute atomic E-state index is 13.4. The highest BCUT2D eigenvalue weighted by molar-refractivity contribution is 6.30. The molecule has 6 nitrogen and oxygen atoms in total. The summed E-state index contributed by atoms with van der Waals surface area (Å²) in [4.78, 5) is 15.3. The van der Waals surface area contributed by atoms with Gasteiger partial charge in [0.2, 0.25) is 5.91 Å². The summed E-state index contributed by atoms with van der Waals surface area (Å²) in [7, 11) is 0. The maximum atomic E-state index is 13.4. The van der Waals surface area contributed by atoms with Crippen LogP contribution in [0.5, 0.6) is 5.75 Å². The zero-order valence-electron chi connectivity index (χ0n) is 15.9. The Kier molecular flexibility index (Phi) is 4.95. The Morgan fingerprint density at radius 1 is 1.10 bits per heavy atom. The number of nitrogens with zero attached hydrogens (tertiary/aromatic N) is 1. The summed E-state index contributed by atoms with van der Waals surface area (Å²) < 4.78 is 5.83. The van der Waals surface area contributed by atoms with Gasteiger partial charge in [-0.05, 0) is 36.6 Å². The number of fused-ring (bicyclic) bond motifs is 1. The van der Waals surface area contributed by atoms with E-state index in [-0.39, 0.29) is 41.8 Å². The summed E-state index contributed by atoms with van der Waals surface area (Å²) in [5.74, 6) is 0.224. The molecule has 152 valence electrons. The Hall–Kier alpha value is -2.12. The van der Waals surface area contributed by atoms with E-state index in [9.17, 15) is 9.90 Å². The van der Waals surface area contributed by atoms with Crippen LogP contribution in [0.3, 0.4) is 0 Å². The number of hydrogen-bond acceptors (Lipinski definition) is 5. The van der Waals surface area contributed by atoms with Crippen molar-refractivity contribution in [1.82, 2.24) is 15.8 Å². The average Bonchev–Trinajstić information content (AvgIpc) is 3.44. The molecule has 5 rings (SSSR count). The molecule has 3 heterocycles. The molecule has 5 atom stereocenters. The van der Waals surface area contributed by atoms with Crippen molar-refractivity contribution < 1.29 is 14.6 Å². The molecule has 0 aromatic heterocycles. The first kappa shape index (κ1) is 18.9. The van der Waals surface area contributed by atoms with E-state index in [1.807, 2.05) is 41.3 Å². The molecule has 0 radical (unpaired) electrons. The Labute approximate surface area is 174 Å². The molecule has 3 saturated heterocycles. The summed E-state index contributed by atoms with van der Waals surface area (Å²) in [5.41, 5.74) is 8.28. The lowest BCUT2D eigenvalue weighted by Gasteiger charge is -2.32. The minimum atomic E-state index is -0.360. The van der Waals surface area contributed by atoms with E-state index in [4.69, 9.17) is 16.3 Å². The number of para-hydroxylation sites is 1. The molecule has 29 heavy (non-hydrogen) atoms. The molecular weight excluding hydrogens is 390 g/mol. The van der Waals surface area contributed by atoms with Crippen LogP contribution in [0, 0.1) is 5.92 Å². The van der Waals surface area contributed by atoms with Crippen molar-refractivity contribution >= 4 is 17.5 Å². The number of carbonyl (C=O) groups is 1. The first-order chi connectivity index (χ1) is 14.1. The highest BCUT2D eigenvalue weighted by atomic mass is 35.5. The van der Waals surface area contributed by atoms with Gasteiger partial charge in [0.1, 0.15) is 11.8 Å². The van der Waals surface area contributed by atoms with Gasteiger partial charge in [0, 0.05) is 29.7 Å². The van der Waals surface area contributed by atoms with Crippen molar-refractivity contribution in [2.24, 2.45) is 5.92 Å². The van der Waals surface area contributed by atoms with Crippen LogP contribution in [0.15, 0.2) is 48.5 Å². The SMILES string of the molecule is O=C1C2NNC(c3ccccc3O)C2C(c2ccc(Cl)cc2)N1CC1CCCO1. The van der Waals surface area contributed by atoms with Crippen LogP contribution in [-0.4, -0.2) is 41.2 Å². The van der Waals surface area contributed by atoms with Gasteiger partial charge in [0.25, 0.3) is 0 Å². The highest BCUT2D eigenvalue weighted by Gasteiger charge is 2.56. The smallest absolute Gasteiger partial charge is 0.242 e. The number of hydrazine groups is 1. The number of rotatable bonds is 4. The molecule has 3 N–H and O–H groups in total. The first-order valence-corrected chi connectivity index (χ1v) is 10.5. The van der Waals surface area contributed by atoms with Crippen LogP contribution < -0.4 is 10.9 Å². The standard InChI is InChI=1S/C22H24ClN3O3/c23-14-9-7-13(8-10-14)21-18-19(16-5-1-2-6-17(16)27)24-25-20(18)22(28)26(21)12-15-4-3-11-29-15/h1-2,5-10,15,18-21,24-25,27H,3-4,11-12H2. The fraction of sp³-hybridized carbons (Fsp3) is 0.409. The monoisotopic (exact) mass is 413 g/mol. The number of hydrogen-bond donors (Lipinski definition) is 3. The predicted octanol–water partition coefficient (Wildman–Crippen LogP) is 2.94. The van der Waals surface area contributed by atoms with Gasteiger partial charge in [-0.1, -0.05) is 41.9 Å². The number of nitrogens with one attached hydrogen (secondary N) is 2. The molecule has 2 aromatic rings. The third-order valence-electron chi connectivity index (χ3n) is 6.32. The molecule has 0 saturated carbocycles. The summed E-state index contributed by atoms with van der Waals surface area (Å²) in [6, 6.07) is 14.3. The van der Waals surface area contributed by atoms with Crippen molar-refractivity contribution in [3.8, 4) is 5.75 Å². The molecule has 5 unspecified atom stereocenters. The molecule has 0 aliphatic carbocycles. The van der Waals surface area contributed by atoms with E-state index in [1.54, 1.807) is 12.1 Å². The largest absolute Gasteiger partial charge is 0.508 e. The van der Waals surface area contributed by atoms with Crippen LogP contribution in [0.25, 0.3) is 0 Å². The lowest BCUT2D eigenvalue weighted by atomic mass is 9.83. The summed E-state index contributed by atoms with van der Waals surface area (Å²) >= 11 is 6.12. The van der Waals surface area contributed by atoms with Gasteiger partial charge < -0.3 is 14.7 Å². The quantitative estimate of drug-likeness (QED) is 0.718. The number of phenolic OH excluding ortho intramolecular Hbond substituents is 1. The van der Waals surface area contributed by atoms with Gasteiger partial charge in [-0.25, -0.2) is 10.9 Å². The lowest BCUT2D eigenvalue weighted by molar-refractivity contribution is -0.132. The van der Waals surface area contributed by atoms with Gasteiger partial charge in [-0.2, -0.15) is 0 Å². The van der Waals surface area contributed by atoms with Crippen LogP contribution in [-0.2, 0) is 9.53 Å². The van der Waals surface area contributed by atoms with Crippen molar-refractivity contribution in [3.63, 3.8) is 0 Å². The van der Waals surface area contributed by atoms with Gasteiger partial charge >= 0.3 is 0 Å². The number of carbonyl (C=O) groups excluding carboxylic acids is 1. The van der Waals surface area contributed by atoms with E-state index in [2.05, 4.69) is 10.9 Å². The Morgan fingerprint density at radius 3 is 2.59 bits per heavy atom. The summed E-state index contributed by atoms with van der Waals surface area (Å²) in [5, 5.41) is 11.1. The molecule has 3 aliphatic heterocycles. The third-order valence-corrected chi connectivity index (χ3v) is 6.57. The average molecular weight is 414 g/mol. The van der Waals surface area contributed by atoms with Crippen LogP contribution in [0.4, 0.5) is 0 Å². The van der Waals surface area contributed by atoms with E-state index in [0.29, 0.717) is 11.6 Å². The predicted molar refractivity (Wildman–Crippen MR) is 109 cm³/mol. The van der Waals surface area contributed by atoms with E-state index in [1.165, 1.54) is 0 Å². The number of ether oxygens (including phenoxy) is 1. The number of likely N-dealkylation sites (tertiary alicyclic amines) is 1. The fourth-order valence-corrected chi connectivity index (χ4v) is 5.11. The second-order valence-electron chi connectivity index (χ2n) is 8.00.